The van der Waals surface area contributed by atoms with Crippen molar-refractivity contribution in [1.29, 1.82) is 0 Å². The molecule has 6 atom stereocenters. The maximum absolute atomic E-state index is 16.1. The Balaban J connectivity index is 1.42. The maximum atomic E-state index is 16.1. The zero-order valence-electron chi connectivity index (χ0n) is 27.6. The zero-order valence-corrected chi connectivity index (χ0v) is 27.6. The van der Waals surface area contributed by atoms with Crippen LogP contribution in [0.15, 0.2) is 18.2 Å². The first-order chi connectivity index (χ1) is 22.2. The Morgan fingerprint density at radius 2 is 1.81 bits per heavy atom. The fraction of sp³-hybridized carbons (Fsp3) is 0.676. The Hall–Kier alpha value is -3.61. The van der Waals surface area contributed by atoms with Gasteiger partial charge in [-0.1, -0.05) is 20.3 Å². The summed E-state index contributed by atoms with van der Waals surface area (Å²) < 4.78 is 55.3. The molecule has 1 saturated carbocycles. The van der Waals surface area contributed by atoms with Gasteiger partial charge in [-0.2, -0.15) is 8.78 Å². The molecule has 2 saturated heterocycles. The molecular formula is C34H44F2N4O7. The number of alkyl carbamates (subject to hydrolysis) is 1. The van der Waals surface area contributed by atoms with Gasteiger partial charge in [0.1, 0.15) is 23.5 Å². The lowest BCUT2D eigenvalue weighted by Gasteiger charge is -2.45. The molecule has 2 aromatic rings. The largest absolute Gasteiger partial charge is 0.497 e. The maximum Gasteiger partial charge on any atom is 0.408 e. The molecule has 0 spiro atoms. The minimum atomic E-state index is -3.38. The van der Waals surface area contributed by atoms with Crippen LogP contribution in [0.25, 0.3) is 11.0 Å². The standard InChI is InChI=1S/C34H44F2N4O7/c1-19-25-16-40(26(19)20(2)41)30(42)28(32(3)17-45-18-32)39-31(43)47-33(4)13-8-10-21(33)9-6-7-14-34(35,36)27-29(46-25)38-24-15-22(44-5)11-12-23(24)37-27/h11-12,15,19,21,25-26,28H,6-10,13-14,16-18H2,1-5H3,(H,39,43)/t19-,21-,25+,26+,28-,33-/m1/s1. The highest BCUT2D eigenvalue weighted by Crippen LogP contribution is 2.44. The summed E-state index contributed by atoms with van der Waals surface area (Å²) >= 11 is 0. The minimum Gasteiger partial charge on any atom is -0.497 e. The SMILES string of the molecule is COc1ccc2nc3c(nc2c1)O[C@H]1CN(C(=O)[C@H](C2(C)COC2)NC(=O)O[C@]2(C)CCC[C@H]2CCCCC3(F)F)[C@H](C(C)=O)[C@@H]1C. The molecule has 11 nitrogen and oxygen atoms in total. The average molecular weight is 659 g/mol. The van der Waals surface area contributed by atoms with E-state index in [1.54, 1.807) is 25.1 Å². The van der Waals surface area contributed by atoms with Crippen molar-refractivity contribution in [3.8, 4) is 11.6 Å². The fourth-order valence-electron chi connectivity index (χ4n) is 7.83. The first kappa shape index (κ1) is 33.3. The number of nitrogens with zero attached hydrogens (tertiary/aromatic N) is 3. The van der Waals surface area contributed by atoms with Gasteiger partial charge in [-0.05, 0) is 64.0 Å². The second-order valence-corrected chi connectivity index (χ2v) is 14.3. The van der Waals surface area contributed by atoms with Crippen LogP contribution in [-0.4, -0.2) is 83.3 Å². The first-order valence-corrected chi connectivity index (χ1v) is 16.5. The molecule has 2 amide bonds. The van der Waals surface area contributed by atoms with Crippen LogP contribution in [0, 0.1) is 17.3 Å². The van der Waals surface area contributed by atoms with E-state index >= 15 is 8.78 Å². The van der Waals surface area contributed by atoms with Gasteiger partial charge in [0.15, 0.2) is 11.5 Å². The van der Waals surface area contributed by atoms with Gasteiger partial charge in [-0.15, -0.1) is 0 Å². The van der Waals surface area contributed by atoms with Crippen LogP contribution in [0.1, 0.15) is 78.3 Å². The van der Waals surface area contributed by atoms with E-state index in [4.69, 9.17) is 18.9 Å². The molecule has 1 N–H and O–H groups in total. The molecule has 3 fully saturated rings. The molecule has 3 aliphatic heterocycles. The van der Waals surface area contributed by atoms with Gasteiger partial charge in [-0.25, -0.2) is 14.8 Å². The van der Waals surface area contributed by atoms with Crippen molar-refractivity contribution in [2.75, 3.05) is 26.9 Å². The Labute approximate surface area is 273 Å². The number of hydrogen-bond donors (Lipinski definition) is 1. The van der Waals surface area contributed by atoms with E-state index < -0.39 is 65.2 Å². The van der Waals surface area contributed by atoms with Gasteiger partial charge in [0.2, 0.25) is 11.8 Å². The minimum absolute atomic E-state index is 0.0193. The van der Waals surface area contributed by atoms with Crippen molar-refractivity contribution in [3.63, 3.8) is 0 Å². The van der Waals surface area contributed by atoms with Crippen molar-refractivity contribution < 1.29 is 42.1 Å². The average Bonchev–Trinajstić information content (AvgIpc) is 3.53. The van der Waals surface area contributed by atoms with Gasteiger partial charge in [0, 0.05) is 23.8 Å². The summed E-state index contributed by atoms with van der Waals surface area (Å²) in [5.41, 5.74) is -1.55. The number of methoxy groups -OCH3 is 1. The molecule has 2 bridgehead atoms. The molecule has 13 heteroatoms. The van der Waals surface area contributed by atoms with Crippen LogP contribution in [-0.2, 0) is 25.0 Å². The third kappa shape index (κ3) is 6.23. The summed E-state index contributed by atoms with van der Waals surface area (Å²) in [4.78, 5) is 51.2. The third-order valence-electron chi connectivity index (χ3n) is 10.7. The van der Waals surface area contributed by atoms with Gasteiger partial charge in [-0.3, -0.25) is 9.59 Å². The van der Waals surface area contributed by atoms with E-state index in [9.17, 15) is 14.4 Å². The fourth-order valence-corrected chi connectivity index (χ4v) is 7.83. The third-order valence-corrected chi connectivity index (χ3v) is 10.7. The van der Waals surface area contributed by atoms with Gasteiger partial charge in [0.25, 0.3) is 5.92 Å². The number of alkyl halides is 2. The lowest BCUT2D eigenvalue weighted by Crippen LogP contribution is -2.64. The van der Waals surface area contributed by atoms with Crippen LogP contribution < -0.4 is 14.8 Å². The predicted molar refractivity (Wildman–Crippen MR) is 166 cm³/mol. The number of hydrogen-bond acceptors (Lipinski definition) is 9. The molecular weight excluding hydrogens is 614 g/mol. The van der Waals surface area contributed by atoms with E-state index in [1.165, 1.54) is 18.9 Å². The predicted octanol–water partition coefficient (Wildman–Crippen LogP) is 5.18. The molecule has 0 radical (unpaired) electrons. The summed E-state index contributed by atoms with van der Waals surface area (Å²) in [7, 11) is 1.49. The molecule has 1 aromatic carbocycles. The highest BCUT2D eigenvalue weighted by molar-refractivity contribution is 5.93. The van der Waals surface area contributed by atoms with Crippen molar-refractivity contribution >= 4 is 28.8 Å². The van der Waals surface area contributed by atoms with Gasteiger partial charge >= 0.3 is 6.09 Å². The number of benzene rings is 1. The molecule has 1 aliphatic carbocycles. The number of Topliss-reactive ketones (excluding diaryl/α,β-unsaturated/α-hetero) is 1. The van der Waals surface area contributed by atoms with Gasteiger partial charge in [0.05, 0.1) is 43.9 Å². The van der Waals surface area contributed by atoms with E-state index in [2.05, 4.69) is 15.3 Å². The number of fused-ring (bicyclic) bond motifs is 5. The van der Waals surface area contributed by atoms with Crippen LogP contribution in [0.5, 0.6) is 11.6 Å². The summed E-state index contributed by atoms with van der Waals surface area (Å²) in [5, 5.41) is 2.85. The number of carbonyl (C=O) groups is 3. The number of nitrogens with one attached hydrogen (secondary N) is 1. The number of ketones is 1. The summed E-state index contributed by atoms with van der Waals surface area (Å²) in [6.07, 6.45) is 1.53. The summed E-state index contributed by atoms with van der Waals surface area (Å²) in [6.45, 7) is 7.22. The number of amides is 2. The van der Waals surface area contributed by atoms with Crippen LogP contribution in [0.4, 0.5) is 13.6 Å². The molecule has 47 heavy (non-hydrogen) atoms. The van der Waals surface area contributed by atoms with Gasteiger partial charge < -0.3 is 29.2 Å². The highest BCUT2D eigenvalue weighted by Gasteiger charge is 2.54. The number of rotatable bonds is 3. The van der Waals surface area contributed by atoms with Crippen LogP contribution >= 0.6 is 0 Å². The monoisotopic (exact) mass is 658 g/mol. The summed E-state index contributed by atoms with van der Waals surface area (Å²) in [5.74, 6) is -4.62. The Morgan fingerprint density at radius 1 is 1.06 bits per heavy atom. The Bertz CT molecular complexity index is 1550. The van der Waals surface area contributed by atoms with Crippen molar-refractivity contribution in [2.45, 2.75) is 102 Å². The molecule has 6 rings (SSSR count). The Morgan fingerprint density at radius 3 is 2.49 bits per heavy atom. The van der Waals surface area contributed by atoms with E-state index in [1.807, 2.05) is 13.8 Å². The van der Waals surface area contributed by atoms with E-state index in [0.717, 1.165) is 12.8 Å². The normalized spacial score (nSPS) is 32.5. The Kier molecular flexibility index (Phi) is 8.82. The first-order valence-electron chi connectivity index (χ1n) is 16.5. The number of aromatic nitrogens is 2. The van der Waals surface area contributed by atoms with Crippen molar-refractivity contribution in [3.05, 3.63) is 23.9 Å². The molecule has 1 aromatic heterocycles. The van der Waals surface area contributed by atoms with E-state index in [0.29, 0.717) is 30.5 Å². The highest BCUT2D eigenvalue weighted by atomic mass is 19.3. The number of ether oxygens (including phenoxy) is 4. The smallest absolute Gasteiger partial charge is 0.408 e. The zero-order chi connectivity index (χ0) is 33.7. The van der Waals surface area contributed by atoms with Crippen molar-refractivity contribution in [1.82, 2.24) is 20.2 Å². The molecule has 4 aliphatic rings. The molecule has 256 valence electrons. The second-order valence-electron chi connectivity index (χ2n) is 14.3. The topological polar surface area (TPSA) is 129 Å². The van der Waals surface area contributed by atoms with E-state index in [-0.39, 0.29) is 49.3 Å². The van der Waals surface area contributed by atoms with Crippen LogP contribution in [0.2, 0.25) is 0 Å². The van der Waals surface area contributed by atoms with Crippen molar-refractivity contribution in [2.24, 2.45) is 17.3 Å². The molecule has 0 unspecified atom stereocenters. The van der Waals surface area contributed by atoms with Crippen LogP contribution in [0.3, 0.4) is 0 Å². The number of halogens is 2. The molecule has 4 heterocycles. The number of carbonyl (C=O) groups excluding carboxylic acids is 3. The summed E-state index contributed by atoms with van der Waals surface area (Å²) in [6, 6.07) is 2.83. The quantitative estimate of drug-likeness (QED) is 0.475. The second kappa shape index (κ2) is 12.4. The lowest BCUT2D eigenvalue weighted by atomic mass is 9.79. The lowest BCUT2D eigenvalue weighted by molar-refractivity contribution is -0.158.